The number of hydrogen-bond acceptors (Lipinski definition) is 2. The maximum atomic E-state index is 6.08. The predicted molar refractivity (Wildman–Crippen MR) is 81.9 cm³/mol. The van der Waals surface area contributed by atoms with E-state index in [9.17, 15) is 0 Å². The summed E-state index contributed by atoms with van der Waals surface area (Å²) in [6.07, 6.45) is 1.69. The Hall–Kier alpha value is -1.54. The first-order chi connectivity index (χ1) is 8.99. The van der Waals surface area contributed by atoms with Crippen molar-refractivity contribution in [2.24, 2.45) is 0 Å². The van der Waals surface area contributed by atoms with Gasteiger partial charge in [-0.05, 0) is 62.1 Å². The van der Waals surface area contributed by atoms with Crippen molar-refractivity contribution < 1.29 is 0 Å². The Bertz CT molecular complexity index is 593. The second-order valence-corrected chi connectivity index (χ2v) is 5.36. The zero-order valence-corrected chi connectivity index (χ0v) is 12.5. The number of rotatable bonds is 3. The van der Waals surface area contributed by atoms with Gasteiger partial charge in [-0.2, -0.15) is 0 Å². The van der Waals surface area contributed by atoms with E-state index in [0.717, 1.165) is 5.69 Å². The topological polar surface area (TPSA) is 24.9 Å². The molecule has 0 spiro atoms. The quantitative estimate of drug-likeness (QED) is 0.811. The molecule has 0 aliphatic carbocycles. The summed E-state index contributed by atoms with van der Waals surface area (Å²) in [6, 6.07) is 8.50. The summed E-state index contributed by atoms with van der Waals surface area (Å²) < 4.78 is 0. The maximum absolute atomic E-state index is 6.08. The first-order valence-corrected chi connectivity index (χ1v) is 6.81. The average molecular weight is 275 g/mol. The van der Waals surface area contributed by atoms with Gasteiger partial charge in [0.2, 0.25) is 0 Å². The van der Waals surface area contributed by atoms with Crippen LogP contribution in [0.25, 0.3) is 0 Å². The maximum Gasteiger partial charge on any atom is 0.152 e. The number of aryl methyl sites for hydroxylation is 3. The van der Waals surface area contributed by atoms with Crippen LogP contribution in [0.5, 0.6) is 0 Å². The lowest BCUT2D eigenvalue weighted by Crippen LogP contribution is -2.09. The third-order valence-corrected chi connectivity index (χ3v) is 3.78. The van der Waals surface area contributed by atoms with Crippen molar-refractivity contribution in [2.75, 3.05) is 5.32 Å². The molecule has 1 unspecified atom stereocenters. The van der Waals surface area contributed by atoms with Crippen molar-refractivity contribution in [1.82, 2.24) is 4.98 Å². The molecule has 1 aromatic heterocycles. The monoisotopic (exact) mass is 274 g/mol. The van der Waals surface area contributed by atoms with E-state index in [0.29, 0.717) is 5.15 Å². The van der Waals surface area contributed by atoms with Crippen LogP contribution in [0.15, 0.2) is 30.5 Å². The highest BCUT2D eigenvalue weighted by atomic mass is 35.5. The fraction of sp³-hybridized carbons (Fsp3) is 0.312. The van der Waals surface area contributed by atoms with Gasteiger partial charge in [-0.3, -0.25) is 0 Å². The SMILES string of the molecule is Cc1cc(C)c(C(C)Nc2cccnc2Cl)cc1C. The Kier molecular flexibility index (Phi) is 4.11. The largest absolute Gasteiger partial charge is 0.376 e. The number of benzene rings is 1. The Morgan fingerprint density at radius 3 is 2.47 bits per heavy atom. The molecule has 3 heteroatoms. The number of hydrogen-bond donors (Lipinski definition) is 1. The van der Waals surface area contributed by atoms with E-state index in [2.05, 4.69) is 50.1 Å². The minimum atomic E-state index is 0.195. The van der Waals surface area contributed by atoms with Crippen LogP contribution in [-0.4, -0.2) is 4.98 Å². The average Bonchev–Trinajstić information content (AvgIpc) is 2.36. The Labute approximate surface area is 119 Å². The smallest absolute Gasteiger partial charge is 0.152 e. The number of nitrogens with one attached hydrogen (secondary N) is 1. The molecular formula is C16H19ClN2. The van der Waals surface area contributed by atoms with Gasteiger partial charge in [0.05, 0.1) is 5.69 Å². The van der Waals surface area contributed by atoms with E-state index in [-0.39, 0.29) is 6.04 Å². The van der Waals surface area contributed by atoms with Gasteiger partial charge < -0.3 is 5.32 Å². The van der Waals surface area contributed by atoms with Crippen molar-refractivity contribution in [2.45, 2.75) is 33.7 Å². The third kappa shape index (κ3) is 3.07. The third-order valence-electron chi connectivity index (χ3n) is 3.48. The van der Waals surface area contributed by atoms with E-state index in [4.69, 9.17) is 11.6 Å². The summed E-state index contributed by atoms with van der Waals surface area (Å²) in [5, 5.41) is 3.93. The Morgan fingerprint density at radius 1 is 1.11 bits per heavy atom. The number of aromatic nitrogens is 1. The van der Waals surface area contributed by atoms with E-state index >= 15 is 0 Å². The molecule has 2 nitrogen and oxygen atoms in total. The minimum Gasteiger partial charge on any atom is -0.376 e. The van der Waals surface area contributed by atoms with Gasteiger partial charge in [0.25, 0.3) is 0 Å². The van der Waals surface area contributed by atoms with Gasteiger partial charge in [-0.1, -0.05) is 23.7 Å². The molecule has 0 fully saturated rings. The molecule has 1 heterocycles. The van der Waals surface area contributed by atoms with E-state index < -0.39 is 0 Å². The van der Waals surface area contributed by atoms with Crippen LogP contribution in [0.1, 0.15) is 35.2 Å². The van der Waals surface area contributed by atoms with Gasteiger partial charge >= 0.3 is 0 Å². The normalized spacial score (nSPS) is 12.3. The van der Waals surface area contributed by atoms with E-state index in [1.165, 1.54) is 22.3 Å². The lowest BCUT2D eigenvalue weighted by atomic mass is 9.96. The zero-order chi connectivity index (χ0) is 14.0. The fourth-order valence-corrected chi connectivity index (χ4v) is 2.43. The van der Waals surface area contributed by atoms with Crippen LogP contribution in [0.2, 0.25) is 5.15 Å². The van der Waals surface area contributed by atoms with Crippen molar-refractivity contribution >= 4 is 17.3 Å². The van der Waals surface area contributed by atoms with Gasteiger partial charge in [0, 0.05) is 12.2 Å². The Morgan fingerprint density at radius 2 is 1.79 bits per heavy atom. The van der Waals surface area contributed by atoms with Crippen LogP contribution < -0.4 is 5.32 Å². The molecule has 2 rings (SSSR count). The minimum absolute atomic E-state index is 0.195. The molecular weight excluding hydrogens is 256 g/mol. The van der Waals surface area contributed by atoms with Crippen LogP contribution >= 0.6 is 11.6 Å². The van der Waals surface area contributed by atoms with Gasteiger partial charge in [0.1, 0.15) is 0 Å². The summed E-state index contributed by atoms with van der Waals surface area (Å²) >= 11 is 6.08. The van der Waals surface area contributed by atoms with Crippen LogP contribution in [0.3, 0.4) is 0 Å². The summed E-state index contributed by atoms with van der Waals surface area (Å²) in [6.45, 7) is 8.56. The molecule has 0 saturated carbocycles. The van der Waals surface area contributed by atoms with Gasteiger partial charge in [-0.25, -0.2) is 4.98 Å². The lowest BCUT2D eigenvalue weighted by molar-refractivity contribution is 0.869. The first-order valence-electron chi connectivity index (χ1n) is 6.44. The molecule has 0 amide bonds. The van der Waals surface area contributed by atoms with E-state index in [1.54, 1.807) is 6.20 Å². The molecule has 19 heavy (non-hydrogen) atoms. The second kappa shape index (κ2) is 5.62. The molecule has 0 saturated heterocycles. The summed E-state index contributed by atoms with van der Waals surface area (Å²) in [5.41, 5.74) is 6.10. The molecule has 100 valence electrons. The molecule has 0 bridgehead atoms. The number of pyridine rings is 1. The lowest BCUT2D eigenvalue weighted by Gasteiger charge is -2.19. The fourth-order valence-electron chi connectivity index (χ4n) is 2.25. The van der Waals surface area contributed by atoms with Crippen LogP contribution in [0.4, 0.5) is 5.69 Å². The molecule has 1 atom stereocenters. The van der Waals surface area contributed by atoms with Gasteiger partial charge in [-0.15, -0.1) is 0 Å². The number of anilines is 1. The molecule has 2 aromatic rings. The van der Waals surface area contributed by atoms with Crippen molar-refractivity contribution in [1.29, 1.82) is 0 Å². The molecule has 0 aliphatic heterocycles. The summed E-state index contributed by atoms with van der Waals surface area (Å²) in [5.74, 6) is 0. The number of nitrogens with zero attached hydrogens (tertiary/aromatic N) is 1. The standard InChI is InChI=1S/C16H19ClN2/c1-10-8-12(3)14(9-11(10)2)13(4)19-15-6-5-7-18-16(15)17/h5-9,13,19H,1-4H3. The van der Waals surface area contributed by atoms with Crippen molar-refractivity contribution in [3.05, 3.63) is 57.9 Å². The summed E-state index contributed by atoms with van der Waals surface area (Å²) in [7, 11) is 0. The highest BCUT2D eigenvalue weighted by molar-refractivity contribution is 6.31. The second-order valence-electron chi connectivity index (χ2n) is 5.00. The van der Waals surface area contributed by atoms with Gasteiger partial charge in [0.15, 0.2) is 5.15 Å². The highest BCUT2D eigenvalue weighted by Gasteiger charge is 2.11. The van der Waals surface area contributed by atoms with E-state index in [1.807, 2.05) is 12.1 Å². The van der Waals surface area contributed by atoms with Crippen molar-refractivity contribution in [3.8, 4) is 0 Å². The zero-order valence-electron chi connectivity index (χ0n) is 11.8. The van der Waals surface area contributed by atoms with Crippen LogP contribution in [0, 0.1) is 20.8 Å². The molecule has 1 N–H and O–H groups in total. The van der Waals surface area contributed by atoms with Crippen LogP contribution in [-0.2, 0) is 0 Å². The molecule has 0 radical (unpaired) electrons. The molecule has 1 aromatic carbocycles. The Balaban J connectivity index is 2.28. The first kappa shape index (κ1) is 13.9. The van der Waals surface area contributed by atoms with Crippen molar-refractivity contribution in [3.63, 3.8) is 0 Å². The summed E-state index contributed by atoms with van der Waals surface area (Å²) in [4.78, 5) is 4.08. The molecule has 0 aliphatic rings. The predicted octanol–water partition coefficient (Wildman–Crippen LogP) is 4.83. The number of halogens is 1. The highest BCUT2D eigenvalue weighted by Crippen LogP contribution is 2.27.